The molecule has 0 aliphatic carbocycles. The molecule has 0 fully saturated rings. The molecule has 4 rings (SSSR count). The number of allylic oxidation sites excluding steroid dienone is 1. The van der Waals surface area contributed by atoms with Gasteiger partial charge in [0.1, 0.15) is 18.4 Å². The van der Waals surface area contributed by atoms with E-state index in [2.05, 4.69) is 27.0 Å². The summed E-state index contributed by atoms with van der Waals surface area (Å²) in [5, 5.41) is 9.56. The number of benzene rings is 3. The number of nitriles is 1. The van der Waals surface area contributed by atoms with Crippen LogP contribution in [0.2, 0.25) is 0 Å². The average molecular weight is 479 g/mol. The number of aromatic nitrogens is 1. The van der Waals surface area contributed by atoms with Crippen LogP contribution in [0.1, 0.15) is 11.1 Å². The molecular weight excluding hydrogens is 464 g/mol. The highest BCUT2D eigenvalue weighted by molar-refractivity contribution is 9.10. The maximum atomic E-state index is 9.56. The number of nitrogens with zero attached hydrogens (tertiary/aromatic N) is 2. The topological polar surface area (TPSA) is 45.9 Å². The highest BCUT2D eigenvalue weighted by Gasteiger charge is 2.08. The summed E-state index contributed by atoms with van der Waals surface area (Å²) < 4.78 is 8.73. The van der Waals surface area contributed by atoms with E-state index in [0.29, 0.717) is 11.5 Å². The molecule has 4 aromatic rings. The second kappa shape index (κ2) is 9.27. The van der Waals surface area contributed by atoms with E-state index in [1.807, 2.05) is 78.9 Å². The lowest BCUT2D eigenvalue weighted by Gasteiger charge is -2.09. The van der Waals surface area contributed by atoms with E-state index < -0.39 is 0 Å². The van der Waals surface area contributed by atoms with Gasteiger partial charge in [0.2, 0.25) is 0 Å². The Kier molecular flexibility index (Phi) is 6.30. The molecule has 0 amide bonds. The molecule has 0 saturated heterocycles. The van der Waals surface area contributed by atoms with Crippen molar-refractivity contribution in [2.24, 2.45) is 0 Å². The Morgan fingerprint density at radius 1 is 1.10 bits per heavy atom. The van der Waals surface area contributed by atoms with Crippen LogP contribution in [0.15, 0.2) is 86.5 Å². The molecule has 0 radical (unpaired) electrons. The SMILES string of the molecule is N#CC(=Cc1ccc(OCc2ccccc2)c(Br)c1)Sc1nc2ccccc2s1. The van der Waals surface area contributed by atoms with Gasteiger partial charge in [-0.15, -0.1) is 11.3 Å². The number of rotatable bonds is 6. The summed E-state index contributed by atoms with van der Waals surface area (Å²) in [7, 11) is 0. The highest BCUT2D eigenvalue weighted by atomic mass is 79.9. The minimum Gasteiger partial charge on any atom is -0.488 e. The monoisotopic (exact) mass is 478 g/mol. The molecule has 3 nitrogen and oxygen atoms in total. The Hall–Kier alpha value is -2.59. The van der Waals surface area contributed by atoms with Crippen LogP contribution in [0.3, 0.4) is 0 Å². The number of para-hydroxylation sites is 1. The number of hydrogen-bond donors (Lipinski definition) is 0. The van der Waals surface area contributed by atoms with Gasteiger partial charge in [-0.2, -0.15) is 5.26 Å². The van der Waals surface area contributed by atoms with Crippen molar-refractivity contribution in [2.75, 3.05) is 0 Å². The largest absolute Gasteiger partial charge is 0.488 e. The Balaban J connectivity index is 1.48. The van der Waals surface area contributed by atoms with E-state index in [1.165, 1.54) is 11.8 Å². The fraction of sp³-hybridized carbons (Fsp3) is 0.0435. The van der Waals surface area contributed by atoms with Gasteiger partial charge in [0, 0.05) is 0 Å². The number of hydrogen-bond acceptors (Lipinski definition) is 5. The summed E-state index contributed by atoms with van der Waals surface area (Å²) in [6.07, 6.45) is 1.86. The molecular formula is C23H15BrN2OS2. The molecule has 6 heteroatoms. The molecule has 0 bridgehead atoms. The Morgan fingerprint density at radius 3 is 2.66 bits per heavy atom. The van der Waals surface area contributed by atoms with Crippen molar-refractivity contribution in [2.45, 2.75) is 10.9 Å². The molecule has 0 aliphatic heterocycles. The summed E-state index contributed by atoms with van der Waals surface area (Å²) >= 11 is 6.55. The third-order valence-electron chi connectivity index (χ3n) is 4.07. The quantitative estimate of drug-likeness (QED) is 0.215. The molecule has 142 valence electrons. The zero-order chi connectivity index (χ0) is 20.1. The van der Waals surface area contributed by atoms with E-state index >= 15 is 0 Å². The molecule has 0 saturated carbocycles. The van der Waals surface area contributed by atoms with Crippen molar-refractivity contribution < 1.29 is 4.74 Å². The summed E-state index contributed by atoms with van der Waals surface area (Å²) in [5.74, 6) is 0.767. The minimum absolute atomic E-state index is 0.505. The zero-order valence-corrected chi connectivity index (χ0v) is 18.4. The second-order valence-electron chi connectivity index (χ2n) is 6.13. The smallest absolute Gasteiger partial charge is 0.156 e. The minimum atomic E-state index is 0.505. The van der Waals surface area contributed by atoms with E-state index in [0.717, 1.165) is 35.9 Å². The molecule has 29 heavy (non-hydrogen) atoms. The highest BCUT2D eigenvalue weighted by Crippen LogP contribution is 2.35. The van der Waals surface area contributed by atoms with Crippen molar-refractivity contribution in [3.8, 4) is 11.8 Å². The molecule has 0 unspecified atom stereocenters. The van der Waals surface area contributed by atoms with Crippen molar-refractivity contribution in [3.63, 3.8) is 0 Å². The lowest BCUT2D eigenvalue weighted by atomic mass is 10.2. The normalized spacial score (nSPS) is 11.4. The fourth-order valence-electron chi connectivity index (χ4n) is 2.68. The average Bonchev–Trinajstić information content (AvgIpc) is 3.16. The van der Waals surface area contributed by atoms with Crippen molar-refractivity contribution in [3.05, 3.63) is 93.3 Å². The Bertz CT molecular complexity index is 1180. The Morgan fingerprint density at radius 2 is 1.90 bits per heavy atom. The van der Waals surface area contributed by atoms with Gasteiger partial charge in [0.05, 0.1) is 19.6 Å². The summed E-state index contributed by atoms with van der Waals surface area (Å²) in [6.45, 7) is 0.505. The van der Waals surface area contributed by atoms with Crippen molar-refractivity contribution in [1.29, 1.82) is 5.26 Å². The van der Waals surface area contributed by atoms with Gasteiger partial charge in [-0.25, -0.2) is 4.98 Å². The lowest BCUT2D eigenvalue weighted by molar-refractivity contribution is 0.304. The first-order valence-electron chi connectivity index (χ1n) is 8.83. The number of halogens is 1. The third kappa shape index (κ3) is 5.07. The third-order valence-corrected chi connectivity index (χ3v) is 6.72. The first kappa shape index (κ1) is 19.7. The van der Waals surface area contributed by atoms with Gasteiger partial charge >= 0.3 is 0 Å². The van der Waals surface area contributed by atoms with Gasteiger partial charge < -0.3 is 4.74 Å². The van der Waals surface area contributed by atoms with Gasteiger partial charge in [-0.1, -0.05) is 48.5 Å². The predicted molar refractivity (Wildman–Crippen MR) is 124 cm³/mol. The molecule has 1 heterocycles. The molecule has 0 N–H and O–H groups in total. The molecule has 0 spiro atoms. The van der Waals surface area contributed by atoms with Crippen LogP contribution in [-0.2, 0) is 6.61 Å². The van der Waals surface area contributed by atoms with Crippen LogP contribution in [0.25, 0.3) is 16.3 Å². The van der Waals surface area contributed by atoms with Gasteiger partial charge in [0.15, 0.2) is 4.34 Å². The van der Waals surface area contributed by atoms with Crippen LogP contribution in [0, 0.1) is 11.3 Å². The number of fused-ring (bicyclic) bond motifs is 1. The fourth-order valence-corrected chi connectivity index (χ4v) is 5.17. The van der Waals surface area contributed by atoms with Gasteiger partial charge in [-0.3, -0.25) is 0 Å². The predicted octanol–water partition coefficient (Wildman–Crippen LogP) is 7.29. The molecule has 1 aromatic heterocycles. The van der Waals surface area contributed by atoms with Crippen LogP contribution in [0.4, 0.5) is 0 Å². The maximum Gasteiger partial charge on any atom is 0.156 e. The number of thiazole rings is 1. The first-order valence-corrected chi connectivity index (χ1v) is 11.3. The number of ether oxygens (including phenoxy) is 1. The van der Waals surface area contributed by atoms with Crippen molar-refractivity contribution >= 4 is 55.3 Å². The molecule has 0 aliphatic rings. The lowest BCUT2D eigenvalue weighted by Crippen LogP contribution is -1.95. The van der Waals surface area contributed by atoms with E-state index in [1.54, 1.807) is 11.3 Å². The molecule has 0 atom stereocenters. The van der Waals surface area contributed by atoms with Gasteiger partial charge in [0.25, 0.3) is 0 Å². The van der Waals surface area contributed by atoms with Crippen LogP contribution < -0.4 is 4.74 Å². The van der Waals surface area contributed by atoms with Gasteiger partial charge in [-0.05, 0) is 69.2 Å². The maximum absolute atomic E-state index is 9.56. The zero-order valence-electron chi connectivity index (χ0n) is 15.2. The van der Waals surface area contributed by atoms with E-state index in [4.69, 9.17) is 4.74 Å². The van der Waals surface area contributed by atoms with Crippen LogP contribution >= 0.6 is 39.0 Å². The summed E-state index contributed by atoms with van der Waals surface area (Å²) in [4.78, 5) is 5.18. The van der Waals surface area contributed by atoms with Crippen molar-refractivity contribution in [1.82, 2.24) is 4.98 Å². The standard InChI is InChI=1S/C23H15BrN2OS2/c24-19-13-17(10-11-21(19)27-15-16-6-2-1-3-7-16)12-18(14-25)28-23-26-20-8-4-5-9-22(20)29-23/h1-13H,15H2. The number of thioether (sulfide) groups is 1. The van der Waals surface area contributed by atoms with Crippen LogP contribution in [-0.4, -0.2) is 4.98 Å². The second-order valence-corrected chi connectivity index (χ2v) is 9.31. The van der Waals surface area contributed by atoms with E-state index in [-0.39, 0.29) is 0 Å². The first-order chi connectivity index (χ1) is 14.2. The van der Waals surface area contributed by atoms with E-state index in [9.17, 15) is 5.26 Å². The van der Waals surface area contributed by atoms with Crippen LogP contribution in [0.5, 0.6) is 5.75 Å². The summed E-state index contributed by atoms with van der Waals surface area (Å²) in [5.41, 5.74) is 3.00. The molecule has 3 aromatic carbocycles. The summed E-state index contributed by atoms with van der Waals surface area (Å²) in [6, 6.07) is 26.1. The Labute approximate surface area is 185 Å².